The molecule has 0 amide bonds. The second-order valence-electron chi connectivity index (χ2n) is 18.3. The van der Waals surface area contributed by atoms with E-state index in [0.29, 0.717) is 62.1 Å². The molecular weight excluding hydrogens is 1130 g/mol. The molecule has 6 N–H and O–H groups in total. The van der Waals surface area contributed by atoms with Gasteiger partial charge in [0.1, 0.15) is 13.1 Å². The van der Waals surface area contributed by atoms with Gasteiger partial charge in [0.15, 0.2) is 21.3 Å². The first-order chi connectivity index (χ1) is 37.5. The van der Waals surface area contributed by atoms with Crippen LogP contribution in [0.5, 0.6) is 11.5 Å². The van der Waals surface area contributed by atoms with Crippen LogP contribution < -0.4 is 35.9 Å². The molecule has 80 heavy (non-hydrogen) atoms. The molecule has 4 heterocycles. The van der Waals surface area contributed by atoms with Crippen molar-refractivity contribution in [3.8, 4) is 35.2 Å². The zero-order chi connectivity index (χ0) is 57.8. The molecule has 430 valence electrons. The van der Waals surface area contributed by atoms with E-state index >= 15 is 0 Å². The Morgan fingerprint density at radius 3 is 1.55 bits per heavy atom. The predicted molar refractivity (Wildman–Crippen MR) is 270 cm³/mol. The lowest BCUT2D eigenvalue weighted by molar-refractivity contribution is -0.275. The van der Waals surface area contributed by atoms with Crippen LogP contribution in [0, 0.1) is 23.7 Å². The van der Waals surface area contributed by atoms with Crippen molar-refractivity contribution in [2.75, 3.05) is 60.8 Å². The summed E-state index contributed by atoms with van der Waals surface area (Å²) in [4.78, 5) is -1.40. The Labute approximate surface area is 449 Å². The lowest BCUT2D eigenvalue weighted by Gasteiger charge is -2.26. The number of rotatable bonds is 16. The maximum absolute atomic E-state index is 14.3. The molecule has 29 heteroatoms. The monoisotopic (exact) mass is 1180 g/mol. The summed E-state index contributed by atoms with van der Waals surface area (Å²) in [5.41, 5.74) is -0.456. The van der Waals surface area contributed by atoms with Crippen LogP contribution in [-0.4, -0.2) is 103 Å². The van der Waals surface area contributed by atoms with E-state index < -0.39 is 116 Å². The highest BCUT2D eigenvalue weighted by atomic mass is 32.2. The highest BCUT2D eigenvalue weighted by molar-refractivity contribution is 7.90. The zero-order valence-corrected chi connectivity index (χ0v) is 43.1. The van der Waals surface area contributed by atoms with E-state index in [1.807, 2.05) is 0 Å². The number of nitrogens with two attached hydrogens (primary N) is 1. The van der Waals surface area contributed by atoms with E-state index in [2.05, 4.69) is 54.4 Å². The van der Waals surface area contributed by atoms with Gasteiger partial charge in [-0.25, -0.2) is 22.0 Å². The van der Waals surface area contributed by atoms with E-state index in [1.165, 1.54) is 30.3 Å². The van der Waals surface area contributed by atoms with Crippen LogP contribution in [0.15, 0.2) is 88.7 Å². The van der Waals surface area contributed by atoms with Crippen LogP contribution in [0.3, 0.4) is 0 Å². The number of benzene rings is 4. The number of halogens is 12. The van der Waals surface area contributed by atoms with Crippen molar-refractivity contribution in [1.82, 2.24) is 9.13 Å². The normalized spacial score (nSPS) is 15.2. The summed E-state index contributed by atoms with van der Waals surface area (Å²) < 4.78 is 239. The molecule has 2 aromatic heterocycles. The van der Waals surface area contributed by atoms with Gasteiger partial charge < -0.3 is 49.3 Å². The average Bonchev–Trinajstić information content (AvgIpc) is 4.11. The third-order valence-electron chi connectivity index (χ3n) is 12.5. The number of anilines is 4. The van der Waals surface area contributed by atoms with Crippen LogP contribution in [0.2, 0.25) is 0 Å². The molecule has 2 aliphatic rings. The highest BCUT2D eigenvalue weighted by Gasteiger charge is 2.36. The molecule has 0 spiro atoms. The number of sulfone groups is 1. The molecule has 0 saturated carbocycles. The van der Waals surface area contributed by atoms with E-state index in [1.54, 1.807) is 12.1 Å². The molecule has 2 saturated heterocycles. The molecule has 4 aromatic carbocycles. The molecule has 8 rings (SSSR count). The minimum atomic E-state index is -5.36. The predicted octanol–water partition coefficient (Wildman–Crippen LogP) is 10.2. The Morgan fingerprint density at radius 2 is 1.05 bits per heavy atom. The second kappa shape index (κ2) is 23.5. The molecule has 0 atom stereocenters. The van der Waals surface area contributed by atoms with E-state index in [9.17, 15) is 69.5 Å². The number of aromatic nitrogens is 2. The number of nitrogens with zero attached hydrogens (tertiary/aromatic N) is 2. The Kier molecular flexibility index (Phi) is 17.3. The van der Waals surface area contributed by atoms with Crippen LogP contribution in [0.4, 0.5) is 75.4 Å². The van der Waals surface area contributed by atoms with E-state index in [0.717, 1.165) is 33.4 Å². The summed E-state index contributed by atoms with van der Waals surface area (Å²) >= 11 is 0. The van der Waals surface area contributed by atoms with Gasteiger partial charge in [-0.2, -0.15) is 26.3 Å². The van der Waals surface area contributed by atoms with Crippen LogP contribution in [-0.2, 0) is 48.2 Å². The number of sulfonamides is 1. The number of fused-ring (bicyclic) bond motifs is 2. The third kappa shape index (κ3) is 15.6. The second-order valence-corrected chi connectivity index (χ2v) is 21.9. The number of hydrogen-bond donors (Lipinski definition) is 5. The molecule has 0 unspecified atom stereocenters. The smallest absolute Gasteiger partial charge is 0.404 e. The molecule has 0 aliphatic carbocycles. The van der Waals surface area contributed by atoms with Crippen LogP contribution >= 0.6 is 0 Å². The first kappa shape index (κ1) is 59.0. The molecule has 0 bridgehead atoms. The molecule has 2 fully saturated rings. The van der Waals surface area contributed by atoms with Crippen LogP contribution in [0.1, 0.15) is 42.6 Å². The maximum Gasteiger partial charge on any atom is 0.573 e. The number of alkyl halides is 12. The van der Waals surface area contributed by atoms with Gasteiger partial charge in [-0.15, -0.1) is 26.3 Å². The average molecular weight is 1180 g/mol. The largest absolute Gasteiger partial charge is 0.573 e. The summed E-state index contributed by atoms with van der Waals surface area (Å²) in [5, 5.41) is 17.2. The summed E-state index contributed by atoms with van der Waals surface area (Å²) in [6.45, 7) is -2.50. The lowest BCUT2D eigenvalue weighted by atomic mass is 10.1. The summed E-state index contributed by atoms with van der Waals surface area (Å²) in [6, 6.07) is 14.3. The fourth-order valence-electron chi connectivity index (χ4n) is 9.02. The Morgan fingerprint density at radius 1 is 0.575 bits per heavy atom. The van der Waals surface area contributed by atoms with Gasteiger partial charge in [0.05, 0.1) is 62.4 Å². The highest BCUT2D eigenvalue weighted by Crippen LogP contribution is 2.39. The minimum Gasteiger partial charge on any atom is -0.404 e. The van der Waals surface area contributed by atoms with Crippen molar-refractivity contribution in [3.63, 3.8) is 0 Å². The first-order valence-corrected chi connectivity index (χ1v) is 27.3. The molecule has 2 aliphatic heterocycles. The van der Waals surface area contributed by atoms with Crippen LogP contribution in [0.25, 0.3) is 21.8 Å². The van der Waals surface area contributed by atoms with Crippen molar-refractivity contribution in [1.29, 1.82) is 0 Å². The minimum absolute atomic E-state index is 0.000224. The van der Waals surface area contributed by atoms with Gasteiger partial charge in [0.25, 0.3) is 0 Å². The topological polar surface area (TPSA) is 189 Å². The quantitative estimate of drug-likeness (QED) is 0.0456. The number of ether oxygens (including phenoxy) is 4. The number of nitrogens with one attached hydrogen (secondary N) is 4. The Balaban J connectivity index is 1.09. The summed E-state index contributed by atoms with van der Waals surface area (Å²) in [6.07, 6.45) is -18.1. The zero-order valence-electron chi connectivity index (χ0n) is 41.4. The summed E-state index contributed by atoms with van der Waals surface area (Å²) in [5.74, 6) is 7.39. The molecule has 0 radical (unpaired) electrons. The van der Waals surface area contributed by atoms with Gasteiger partial charge in [-0.1, -0.05) is 24.0 Å². The standard InChI is InChI=1S/C51H47F12N7O8S2/c52-48(53,54)29-69-34(24-38-40(6-1-7-43(38)69)67-32-14-20-75-21-15-32)4-2-18-65-41-11-9-36(26-45(41)77-50(58,59)60)79(71,72)28-31-8-13-44-39(47(31)68-33-16-22-76-23-17-33)25-35(70(44)30-49(55,56)57)5-3-19-66-42-12-10-37(80(64,73)74)27-46(42)78-51(61,62)63/h1,6-13,24-27,32-33,65-68H,14-23,28-30H2,(H2,64,73,74). The molecule has 15 nitrogen and oxygen atoms in total. The molecular formula is C51H47F12N7O8S2. The van der Waals surface area contributed by atoms with Crippen molar-refractivity contribution in [3.05, 3.63) is 95.8 Å². The van der Waals surface area contributed by atoms with Crippen molar-refractivity contribution >= 4 is 64.4 Å². The van der Waals surface area contributed by atoms with Crippen molar-refractivity contribution in [2.45, 2.75) is 91.5 Å². The maximum atomic E-state index is 14.3. The number of hydrogen-bond acceptors (Lipinski definition) is 12. The van der Waals surface area contributed by atoms with Gasteiger partial charge in [0, 0.05) is 72.8 Å². The molecule has 6 aromatic rings. The Bertz CT molecular complexity index is 3600. The van der Waals surface area contributed by atoms with Gasteiger partial charge >= 0.3 is 25.1 Å². The first-order valence-electron chi connectivity index (χ1n) is 24.1. The van der Waals surface area contributed by atoms with E-state index in [-0.39, 0.29) is 58.3 Å². The lowest BCUT2D eigenvalue weighted by Crippen LogP contribution is -2.28. The fourth-order valence-corrected chi connectivity index (χ4v) is 10.9. The Hall–Kier alpha value is -7.18. The van der Waals surface area contributed by atoms with Crippen molar-refractivity contribution in [2.24, 2.45) is 5.14 Å². The van der Waals surface area contributed by atoms with Gasteiger partial charge in [-0.05, 0) is 97.7 Å². The third-order valence-corrected chi connectivity index (χ3v) is 15.1. The SMILES string of the molecule is NS(=O)(=O)c1ccc(NCC#Cc2cc3c(NC4CCOCC4)c(CS(=O)(=O)c4ccc(NCC#Cc5cc6c(NC7CCOCC7)cccc6n5CC(F)(F)F)c(OC(F)(F)F)c4)ccc3n2CC(F)(F)F)c(OC(F)(F)F)c1. The van der Waals surface area contributed by atoms with Gasteiger partial charge in [-0.3, -0.25) is 0 Å². The van der Waals surface area contributed by atoms with Crippen molar-refractivity contribution < 1.29 is 88.5 Å². The fraction of sp³-hybridized carbons (Fsp3) is 0.373. The number of primary sulfonamides is 1. The van der Waals surface area contributed by atoms with Gasteiger partial charge in [0.2, 0.25) is 10.0 Å². The summed E-state index contributed by atoms with van der Waals surface area (Å²) in [7, 11) is -9.15. The van der Waals surface area contributed by atoms with E-state index in [4.69, 9.17) is 14.6 Å².